The second-order valence-electron chi connectivity index (χ2n) is 8.13. The van der Waals surface area contributed by atoms with E-state index >= 15 is 0 Å². The quantitative estimate of drug-likeness (QED) is 0.250. The minimum atomic E-state index is -0.384. The molecule has 0 aromatic heterocycles. The Hall–Kier alpha value is -3.98. The van der Waals surface area contributed by atoms with Gasteiger partial charge in [-0.3, -0.25) is 14.5 Å². The number of carbonyl (C=O) groups excluding carboxylic acids is 2. The molecule has 148 valence electrons. The minimum absolute atomic E-state index is 0.226. The Morgan fingerprint density at radius 1 is 0.581 bits per heavy atom. The number of hydrogen-bond acceptors (Lipinski definition) is 2. The molecule has 5 aromatic rings. The Bertz CT molecular complexity index is 1500. The molecular formula is C28H19NO2. The summed E-state index contributed by atoms with van der Waals surface area (Å²) in [5, 5.41) is 6.40. The van der Waals surface area contributed by atoms with Crippen LogP contribution in [0.2, 0.25) is 0 Å². The summed E-state index contributed by atoms with van der Waals surface area (Å²) in [5.41, 5.74) is 1.95. The molecule has 1 heterocycles. The molecule has 1 aliphatic rings. The molecule has 0 aliphatic carbocycles. The fourth-order valence-corrected chi connectivity index (χ4v) is 4.87. The Morgan fingerprint density at radius 2 is 1.06 bits per heavy atom. The number of carbonyl (C=O) groups is 2. The molecule has 0 bridgehead atoms. The highest BCUT2D eigenvalue weighted by Crippen LogP contribution is 2.38. The molecule has 1 aliphatic heterocycles. The summed E-state index contributed by atoms with van der Waals surface area (Å²) in [4.78, 5) is 28.2. The van der Waals surface area contributed by atoms with Gasteiger partial charge in [-0.1, -0.05) is 72.8 Å². The molecule has 3 nitrogen and oxygen atoms in total. The van der Waals surface area contributed by atoms with Crippen LogP contribution in [0, 0.1) is 0 Å². The van der Waals surface area contributed by atoms with Gasteiger partial charge in [0, 0.05) is 0 Å². The maximum atomic E-state index is 13.4. The Morgan fingerprint density at radius 3 is 1.68 bits per heavy atom. The molecule has 0 fully saturated rings. The third kappa shape index (κ3) is 2.53. The van der Waals surface area contributed by atoms with Crippen molar-refractivity contribution in [2.75, 3.05) is 0 Å². The number of rotatable bonds is 2. The summed E-state index contributed by atoms with van der Waals surface area (Å²) in [6.45, 7) is 1.94. The number of amides is 2. The summed E-state index contributed by atoms with van der Waals surface area (Å²) in [5.74, 6) is -0.453. The predicted octanol–water partition coefficient (Wildman–Crippen LogP) is 6.50. The van der Waals surface area contributed by atoms with Gasteiger partial charge in [-0.25, -0.2) is 0 Å². The lowest BCUT2D eigenvalue weighted by Gasteiger charge is -2.25. The summed E-state index contributed by atoms with van der Waals surface area (Å²) in [7, 11) is 0. The van der Waals surface area contributed by atoms with Crippen molar-refractivity contribution in [3.8, 4) is 0 Å². The summed E-state index contributed by atoms with van der Waals surface area (Å²) < 4.78 is 0. The van der Waals surface area contributed by atoms with Crippen molar-refractivity contribution in [2.24, 2.45) is 0 Å². The lowest BCUT2D eigenvalue weighted by molar-refractivity contribution is 0.0596. The normalized spacial score (nSPS) is 14.5. The topological polar surface area (TPSA) is 37.4 Å². The van der Waals surface area contributed by atoms with Crippen molar-refractivity contribution < 1.29 is 9.59 Å². The van der Waals surface area contributed by atoms with Crippen molar-refractivity contribution in [2.45, 2.75) is 13.0 Å². The van der Waals surface area contributed by atoms with E-state index in [2.05, 4.69) is 30.3 Å². The monoisotopic (exact) mass is 401 g/mol. The van der Waals surface area contributed by atoms with E-state index in [0.29, 0.717) is 11.1 Å². The van der Waals surface area contributed by atoms with Crippen LogP contribution >= 0.6 is 0 Å². The van der Waals surface area contributed by atoms with Crippen molar-refractivity contribution in [1.29, 1.82) is 0 Å². The van der Waals surface area contributed by atoms with E-state index in [9.17, 15) is 9.59 Å². The molecule has 5 aromatic carbocycles. The number of fused-ring (bicyclic) bond motifs is 5. The van der Waals surface area contributed by atoms with Gasteiger partial charge in [0.25, 0.3) is 11.8 Å². The number of nitrogens with zero attached hydrogens (tertiary/aromatic N) is 1. The van der Waals surface area contributed by atoms with Crippen LogP contribution in [0.25, 0.3) is 32.3 Å². The molecule has 31 heavy (non-hydrogen) atoms. The van der Waals surface area contributed by atoms with Crippen LogP contribution in [0.15, 0.2) is 91.0 Å². The third-order valence-corrected chi connectivity index (χ3v) is 6.42. The van der Waals surface area contributed by atoms with Crippen molar-refractivity contribution in [1.82, 2.24) is 4.90 Å². The second kappa shape index (κ2) is 6.51. The van der Waals surface area contributed by atoms with Crippen LogP contribution in [-0.2, 0) is 0 Å². The van der Waals surface area contributed by atoms with E-state index in [4.69, 9.17) is 0 Å². The zero-order valence-corrected chi connectivity index (χ0v) is 17.0. The maximum Gasteiger partial charge on any atom is 0.262 e. The Balaban J connectivity index is 1.53. The Kier molecular flexibility index (Phi) is 3.75. The van der Waals surface area contributed by atoms with E-state index in [1.807, 2.05) is 67.6 Å². The molecule has 0 N–H and O–H groups in total. The molecule has 2 amide bonds. The molecule has 1 atom stereocenters. The molecule has 0 saturated carbocycles. The van der Waals surface area contributed by atoms with Gasteiger partial charge >= 0.3 is 0 Å². The highest BCUT2D eigenvalue weighted by Gasteiger charge is 2.39. The second-order valence-corrected chi connectivity index (χ2v) is 8.13. The molecular weight excluding hydrogens is 382 g/mol. The average Bonchev–Trinajstić information content (AvgIpc) is 3.06. The molecule has 3 heteroatoms. The van der Waals surface area contributed by atoms with Crippen LogP contribution < -0.4 is 0 Å². The summed E-state index contributed by atoms with van der Waals surface area (Å²) in [6.07, 6.45) is 0. The standard InChI is InChI=1S/C28H19NO2/c1-17(24-16-20-10-4-5-11-21(20)22-12-6-7-13-23(22)24)29-27(30)25-14-18-8-2-3-9-19(18)15-26(25)28(29)31/h2-17H,1H3/t17-/m1/s1. The number of benzene rings is 5. The fraction of sp³-hybridized carbons (Fsp3) is 0.0714. The highest BCUT2D eigenvalue weighted by atomic mass is 16.2. The predicted molar refractivity (Wildman–Crippen MR) is 124 cm³/mol. The SMILES string of the molecule is C[C@H](c1cc2ccccc2c2ccccc12)N1C(=O)c2cc3ccccc3cc2C1=O. The summed E-state index contributed by atoms with van der Waals surface area (Å²) >= 11 is 0. The summed E-state index contributed by atoms with van der Waals surface area (Å²) in [6, 6.07) is 29.7. The minimum Gasteiger partial charge on any atom is -0.269 e. The molecule has 0 saturated heterocycles. The average molecular weight is 401 g/mol. The van der Waals surface area contributed by atoms with Gasteiger partial charge in [0.15, 0.2) is 0 Å². The van der Waals surface area contributed by atoms with Gasteiger partial charge in [0.1, 0.15) is 0 Å². The first-order valence-corrected chi connectivity index (χ1v) is 10.4. The van der Waals surface area contributed by atoms with Gasteiger partial charge in [-0.05, 0) is 63.0 Å². The Labute approximate surface area is 179 Å². The van der Waals surface area contributed by atoms with Crippen molar-refractivity contribution in [3.63, 3.8) is 0 Å². The fourth-order valence-electron chi connectivity index (χ4n) is 4.87. The smallest absolute Gasteiger partial charge is 0.262 e. The first-order valence-electron chi connectivity index (χ1n) is 10.4. The van der Waals surface area contributed by atoms with E-state index in [1.165, 1.54) is 10.3 Å². The maximum absolute atomic E-state index is 13.4. The van der Waals surface area contributed by atoms with E-state index in [1.54, 1.807) is 0 Å². The van der Waals surface area contributed by atoms with E-state index < -0.39 is 0 Å². The largest absolute Gasteiger partial charge is 0.269 e. The zero-order valence-electron chi connectivity index (χ0n) is 17.0. The number of imide groups is 1. The molecule has 0 unspecified atom stereocenters. The van der Waals surface area contributed by atoms with Crippen LogP contribution in [0.1, 0.15) is 39.2 Å². The van der Waals surface area contributed by atoms with Crippen molar-refractivity contribution >= 4 is 44.1 Å². The van der Waals surface area contributed by atoms with Gasteiger partial charge in [0.05, 0.1) is 17.2 Å². The first kappa shape index (κ1) is 17.8. The lowest BCUT2D eigenvalue weighted by Crippen LogP contribution is -2.32. The van der Waals surface area contributed by atoms with E-state index in [-0.39, 0.29) is 17.9 Å². The van der Waals surface area contributed by atoms with Crippen LogP contribution in [0.3, 0.4) is 0 Å². The van der Waals surface area contributed by atoms with Crippen molar-refractivity contribution in [3.05, 3.63) is 108 Å². The lowest BCUT2D eigenvalue weighted by atomic mass is 9.93. The molecule has 6 rings (SSSR count). The van der Waals surface area contributed by atoms with Crippen LogP contribution in [-0.4, -0.2) is 16.7 Å². The van der Waals surface area contributed by atoms with Gasteiger partial charge in [-0.2, -0.15) is 0 Å². The van der Waals surface area contributed by atoms with Gasteiger partial charge in [-0.15, -0.1) is 0 Å². The zero-order chi connectivity index (χ0) is 21.1. The van der Waals surface area contributed by atoms with E-state index in [0.717, 1.165) is 32.5 Å². The van der Waals surface area contributed by atoms with Crippen LogP contribution in [0.5, 0.6) is 0 Å². The first-order chi connectivity index (χ1) is 15.1. The van der Waals surface area contributed by atoms with Crippen LogP contribution in [0.4, 0.5) is 0 Å². The highest BCUT2D eigenvalue weighted by molar-refractivity contribution is 6.23. The van der Waals surface area contributed by atoms with Gasteiger partial charge in [0.2, 0.25) is 0 Å². The third-order valence-electron chi connectivity index (χ3n) is 6.42. The molecule has 0 spiro atoms. The molecule has 0 radical (unpaired) electrons. The number of hydrogen-bond donors (Lipinski definition) is 0. The van der Waals surface area contributed by atoms with Gasteiger partial charge < -0.3 is 0 Å².